The molecular formula is C15H21N3O3. The van der Waals surface area contributed by atoms with Crippen LogP contribution in [0.3, 0.4) is 0 Å². The standard InChI is InChI=1S/C15H21N3O3/c1-18(2)12-7-5-11(6-8-12)17-15(20)14(19)16-10-13-4-3-9-21-13/h5-8,13H,3-4,9-10H2,1-2H3,(H,16,19)(H,17,20). The van der Waals surface area contributed by atoms with E-state index in [1.807, 2.05) is 31.1 Å². The van der Waals surface area contributed by atoms with Crippen LogP contribution in [0.1, 0.15) is 12.8 Å². The molecule has 1 saturated heterocycles. The SMILES string of the molecule is CN(C)c1ccc(NC(=O)C(=O)NCC2CCCO2)cc1. The number of hydrogen-bond acceptors (Lipinski definition) is 4. The molecule has 0 radical (unpaired) electrons. The van der Waals surface area contributed by atoms with E-state index in [9.17, 15) is 9.59 Å². The largest absolute Gasteiger partial charge is 0.378 e. The zero-order valence-corrected chi connectivity index (χ0v) is 12.4. The molecular weight excluding hydrogens is 270 g/mol. The van der Waals surface area contributed by atoms with E-state index in [-0.39, 0.29) is 6.10 Å². The normalized spacial score (nSPS) is 17.3. The van der Waals surface area contributed by atoms with Crippen molar-refractivity contribution >= 4 is 23.2 Å². The summed E-state index contributed by atoms with van der Waals surface area (Å²) in [5.74, 6) is -1.30. The quantitative estimate of drug-likeness (QED) is 0.812. The number of benzene rings is 1. The van der Waals surface area contributed by atoms with Gasteiger partial charge in [0.05, 0.1) is 6.10 Å². The van der Waals surface area contributed by atoms with Gasteiger partial charge in [0.25, 0.3) is 0 Å². The van der Waals surface area contributed by atoms with Gasteiger partial charge in [0.2, 0.25) is 0 Å². The highest BCUT2D eigenvalue weighted by atomic mass is 16.5. The fourth-order valence-electron chi connectivity index (χ4n) is 2.12. The molecule has 2 N–H and O–H groups in total. The first kappa shape index (κ1) is 15.3. The average molecular weight is 291 g/mol. The van der Waals surface area contributed by atoms with Crippen molar-refractivity contribution < 1.29 is 14.3 Å². The summed E-state index contributed by atoms with van der Waals surface area (Å²) in [6.07, 6.45) is 1.96. The minimum Gasteiger partial charge on any atom is -0.378 e. The van der Waals surface area contributed by atoms with Gasteiger partial charge in [-0.1, -0.05) is 0 Å². The molecule has 1 atom stereocenters. The molecule has 114 valence electrons. The maximum atomic E-state index is 11.8. The number of rotatable bonds is 4. The Hall–Kier alpha value is -2.08. The molecule has 6 heteroatoms. The van der Waals surface area contributed by atoms with E-state index in [2.05, 4.69) is 10.6 Å². The third kappa shape index (κ3) is 4.46. The summed E-state index contributed by atoms with van der Waals surface area (Å²) in [6, 6.07) is 7.28. The van der Waals surface area contributed by atoms with Crippen LogP contribution >= 0.6 is 0 Å². The lowest BCUT2D eigenvalue weighted by Gasteiger charge is -2.13. The molecule has 2 amide bonds. The third-order valence-corrected chi connectivity index (χ3v) is 3.36. The van der Waals surface area contributed by atoms with Crippen LogP contribution in [0.4, 0.5) is 11.4 Å². The van der Waals surface area contributed by atoms with Gasteiger partial charge in [0.1, 0.15) is 0 Å². The maximum absolute atomic E-state index is 11.8. The molecule has 0 aliphatic carbocycles. The second-order valence-electron chi connectivity index (χ2n) is 5.24. The second kappa shape index (κ2) is 7.08. The molecule has 1 aromatic carbocycles. The number of anilines is 2. The van der Waals surface area contributed by atoms with Crippen molar-refractivity contribution in [1.29, 1.82) is 0 Å². The lowest BCUT2D eigenvalue weighted by atomic mass is 10.2. The summed E-state index contributed by atoms with van der Waals surface area (Å²) in [7, 11) is 3.87. The summed E-state index contributed by atoms with van der Waals surface area (Å²) in [6.45, 7) is 1.11. The fourth-order valence-corrected chi connectivity index (χ4v) is 2.12. The lowest BCUT2D eigenvalue weighted by molar-refractivity contribution is -0.136. The van der Waals surface area contributed by atoms with Crippen molar-refractivity contribution in [2.45, 2.75) is 18.9 Å². The lowest BCUT2D eigenvalue weighted by Crippen LogP contribution is -2.39. The van der Waals surface area contributed by atoms with E-state index in [1.165, 1.54) is 0 Å². The van der Waals surface area contributed by atoms with Crippen molar-refractivity contribution in [2.75, 3.05) is 37.5 Å². The summed E-state index contributed by atoms with van der Waals surface area (Å²) in [5.41, 5.74) is 1.62. The smallest absolute Gasteiger partial charge is 0.313 e. The predicted molar refractivity (Wildman–Crippen MR) is 81.4 cm³/mol. The van der Waals surface area contributed by atoms with E-state index in [0.717, 1.165) is 25.1 Å². The summed E-state index contributed by atoms with van der Waals surface area (Å²) >= 11 is 0. The number of amides is 2. The number of nitrogens with zero attached hydrogens (tertiary/aromatic N) is 1. The van der Waals surface area contributed by atoms with Crippen LogP contribution in [0.5, 0.6) is 0 Å². The summed E-state index contributed by atoms with van der Waals surface area (Å²) in [5, 5.41) is 5.16. The van der Waals surface area contributed by atoms with Crippen molar-refractivity contribution in [1.82, 2.24) is 5.32 Å². The second-order valence-corrected chi connectivity index (χ2v) is 5.24. The first-order valence-corrected chi connectivity index (χ1v) is 7.04. The fraction of sp³-hybridized carbons (Fsp3) is 0.467. The van der Waals surface area contributed by atoms with E-state index in [0.29, 0.717) is 12.2 Å². The monoisotopic (exact) mass is 291 g/mol. The Balaban J connectivity index is 1.80. The van der Waals surface area contributed by atoms with Crippen LogP contribution in [0.25, 0.3) is 0 Å². The molecule has 6 nitrogen and oxygen atoms in total. The third-order valence-electron chi connectivity index (χ3n) is 3.36. The van der Waals surface area contributed by atoms with Gasteiger partial charge in [-0.2, -0.15) is 0 Å². The van der Waals surface area contributed by atoms with Crippen LogP contribution in [-0.4, -0.2) is 45.2 Å². The van der Waals surface area contributed by atoms with Gasteiger partial charge in [-0.25, -0.2) is 0 Å². The highest BCUT2D eigenvalue weighted by Gasteiger charge is 2.19. The Morgan fingerprint density at radius 2 is 1.95 bits per heavy atom. The molecule has 0 aromatic heterocycles. The minimum absolute atomic E-state index is 0.0288. The van der Waals surface area contributed by atoms with E-state index < -0.39 is 11.8 Å². The number of carbonyl (C=O) groups is 2. The molecule has 1 unspecified atom stereocenters. The number of nitrogens with one attached hydrogen (secondary N) is 2. The molecule has 1 aliphatic rings. The van der Waals surface area contributed by atoms with Crippen molar-refractivity contribution in [3.8, 4) is 0 Å². The Labute approximate surface area is 124 Å². The molecule has 0 spiro atoms. The molecule has 1 aliphatic heterocycles. The van der Waals surface area contributed by atoms with Crippen LogP contribution in [-0.2, 0) is 14.3 Å². The van der Waals surface area contributed by atoms with Crippen molar-refractivity contribution in [3.05, 3.63) is 24.3 Å². The summed E-state index contributed by atoms with van der Waals surface area (Å²) < 4.78 is 5.39. The van der Waals surface area contributed by atoms with Gasteiger partial charge < -0.3 is 20.3 Å². The average Bonchev–Trinajstić information content (AvgIpc) is 2.98. The zero-order chi connectivity index (χ0) is 15.2. The highest BCUT2D eigenvalue weighted by Crippen LogP contribution is 2.15. The molecule has 0 saturated carbocycles. The van der Waals surface area contributed by atoms with Crippen LogP contribution in [0.15, 0.2) is 24.3 Å². The van der Waals surface area contributed by atoms with Gasteiger partial charge in [0, 0.05) is 38.6 Å². The number of ether oxygens (including phenoxy) is 1. The molecule has 0 bridgehead atoms. The molecule has 1 aromatic rings. The van der Waals surface area contributed by atoms with Crippen molar-refractivity contribution in [2.24, 2.45) is 0 Å². The molecule has 1 fully saturated rings. The Bertz CT molecular complexity index is 493. The summed E-state index contributed by atoms with van der Waals surface area (Å²) in [4.78, 5) is 25.4. The highest BCUT2D eigenvalue weighted by molar-refractivity contribution is 6.39. The predicted octanol–water partition coefficient (Wildman–Crippen LogP) is 0.986. The Morgan fingerprint density at radius 3 is 2.52 bits per heavy atom. The van der Waals surface area contributed by atoms with Crippen LogP contribution < -0.4 is 15.5 Å². The molecule has 21 heavy (non-hydrogen) atoms. The van der Waals surface area contributed by atoms with Crippen LogP contribution in [0, 0.1) is 0 Å². The van der Waals surface area contributed by atoms with Gasteiger partial charge in [-0.3, -0.25) is 9.59 Å². The number of carbonyl (C=O) groups excluding carboxylic acids is 2. The van der Waals surface area contributed by atoms with Gasteiger partial charge in [-0.05, 0) is 37.1 Å². The number of hydrogen-bond donors (Lipinski definition) is 2. The van der Waals surface area contributed by atoms with Crippen molar-refractivity contribution in [3.63, 3.8) is 0 Å². The maximum Gasteiger partial charge on any atom is 0.313 e. The minimum atomic E-state index is -0.661. The van der Waals surface area contributed by atoms with Gasteiger partial charge in [0.15, 0.2) is 0 Å². The molecule has 2 rings (SSSR count). The van der Waals surface area contributed by atoms with Crippen LogP contribution in [0.2, 0.25) is 0 Å². The Morgan fingerprint density at radius 1 is 1.24 bits per heavy atom. The first-order chi connectivity index (χ1) is 10.1. The molecule has 1 heterocycles. The van der Waals surface area contributed by atoms with E-state index in [1.54, 1.807) is 12.1 Å². The van der Waals surface area contributed by atoms with Gasteiger partial charge >= 0.3 is 11.8 Å². The Kier molecular flexibility index (Phi) is 5.16. The zero-order valence-electron chi connectivity index (χ0n) is 12.4. The van der Waals surface area contributed by atoms with E-state index >= 15 is 0 Å². The topological polar surface area (TPSA) is 70.7 Å². The van der Waals surface area contributed by atoms with E-state index in [4.69, 9.17) is 4.74 Å². The van der Waals surface area contributed by atoms with Gasteiger partial charge in [-0.15, -0.1) is 0 Å². The first-order valence-electron chi connectivity index (χ1n) is 7.04.